The quantitative estimate of drug-likeness (QED) is 0.499. The maximum absolute atomic E-state index is 13.4. The molecule has 12 heteroatoms. The van der Waals surface area contributed by atoms with Crippen molar-refractivity contribution in [2.75, 3.05) is 19.0 Å². The van der Waals surface area contributed by atoms with Gasteiger partial charge in [0.15, 0.2) is 5.60 Å². The maximum atomic E-state index is 13.4. The van der Waals surface area contributed by atoms with Gasteiger partial charge in [0, 0.05) is 23.4 Å². The van der Waals surface area contributed by atoms with Crippen LogP contribution in [0.15, 0.2) is 30.5 Å². The average Bonchev–Trinajstić information content (AvgIpc) is 3.14. The van der Waals surface area contributed by atoms with E-state index in [1.165, 1.54) is 25.4 Å². The summed E-state index contributed by atoms with van der Waals surface area (Å²) in [5, 5.41) is 2.14. The molecule has 0 aliphatic carbocycles. The van der Waals surface area contributed by atoms with Gasteiger partial charge in [-0.15, -0.1) is 0 Å². The lowest BCUT2D eigenvalue weighted by Gasteiger charge is -2.26. The van der Waals surface area contributed by atoms with Crippen molar-refractivity contribution in [1.82, 2.24) is 4.98 Å². The number of benzene rings is 1. The molecule has 1 fully saturated rings. The number of ether oxygens (including phenoxy) is 2. The number of nitrogens with zero attached hydrogens (tertiary/aromatic N) is 1. The van der Waals surface area contributed by atoms with Crippen molar-refractivity contribution in [3.05, 3.63) is 52.6 Å². The van der Waals surface area contributed by atoms with Gasteiger partial charge in [0.05, 0.1) is 13.7 Å². The van der Waals surface area contributed by atoms with E-state index in [0.717, 1.165) is 13.0 Å². The largest absolute Gasteiger partial charge is 0.495 e. The van der Waals surface area contributed by atoms with E-state index in [1.54, 1.807) is 6.07 Å². The van der Waals surface area contributed by atoms with Crippen LogP contribution in [0.1, 0.15) is 35.3 Å². The number of primary amides is 1. The fraction of sp³-hybridized carbons (Fsp3) is 0.350. The first-order valence-corrected chi connectivity index (χ1v) is 9.50. The van der Waals surface area contributed by atoms with Crippen LogP contribution in [0.3, 0.4) is 0 Å². The number of aromatic nitrogens is 1. The topological polar surface area (TPSA) is 104 Å². The molecule has 1 aliphatic heterocycles. The predicted octanol–water partition coefficient (Wildman–Crippen LogP) is 4.06. The zero-order valence-corrected chi connectivity index (χ0v) is 17.8. The van der Waals surface area contributed by atoms with Crippen LogP contribution >= 0.6 is 11.6 Å². The number of hydrogen-bond donors (Lipinski definition) is 2. The second-order valence-electron chi connectivity index (χ2n) is 6.98. The molecule has 0 spiro atoms. The fourth-order valence-electron chi connectivity index (χ4n) is 3.07. The van der Waals surface area contributed by atoms with Crippen LogP contribution in [0.2, 0.25) is 5.02 Å². The summed E-state index contributed by atoms with van der Waals surface area (Å²) in [4.78, 5) is 24.3. The van der Waals surface area contributed by atoms with Crippen LogP contribution in [-0.2, 0) is 9.53 Å². The van der Waals surface area contributed by atoms with E-state index in [1.807, 2.05) is 0 Å². The van der Waals surface area contributed by atoms with E-state index in [9.17, 15) is 27.2 Å². The van der Waals surface area contributed by atoms with Crippen LogP contribution in [0, 0.1) is 5.82 Å². The Morgan fingerprint density at radius 1 is 1.41 bits per heavy atom. The third kappa shape index (κ3) is 5.65. The third-order valence-electron chi connectivity index (χ3n) is 4.80. The number of nitrogens with two attached hydrogens (primary N) is 1. The Labute approximate surface area is 185 Å². The Balaban J connectivity index is 0.000000258. The zero-order valence-electron chi connectivity index (χ0n) is 17.0. The first-order chi connectivity index (χ1) is 14.9. The number of alkyl halides is 3. The minimum absolute atomic E-state index is 0.0618. The van der Waals surface area contributed by atoms with Crippen molar-refractivity contribution < 1.29 is 36.6 Å². The summed E-state index contributed by atoms with van der Waals surface area (Å²) in [5.41, 5.74) is 3.80. The van der Waals surface area contributed by atoms with E-state index in [0.29, 0.717) is 17.7 Å². The third-order valence-corrected chi connectivity index (χ3v) is 5.15. The standard InChI is InChI=1S/C13H13ClF4O2.C7H7N3O2/c1-12(13(16,17)18)5-7(6-20-12)8-3-4-9(15)10(14)11(8)19-2;8-7(12)6-3-5(10-4-11)1-2-9-6/h3-4,7H,5-6H2,1-2H3;1-4H,(H2,8,12)(H,9,10,11)/t7-,12?;/m0./s1. The first kappa shape index (κ1) is 25.3. The number of anilines is 1. The normalized spacial score (nSPS) is 20.2. The maximum Gasteiger partial charge on any atom is 0.417 e. The Bertz CT molecular complexity index is 990. The van der Waals surface area contributed by atoms with Crippen molar-refractivity contribution in [1.29, 1.82) is 0 Å². The van der Waals surface area contributed by atoms with E-state index < -0.39 is 29.4 Å². The molecule has 1 aromatic carbocycles. The Hall–Kier alpha value is -2.92. The Morgan fingerprint density at radius 2 is 2.09 bits per heavy atom. The summed E-state index contributed by atoms with van der Waals surface area (Å²) in [6.45, 7) is 0.888. The number of hydrogen-bond acceptors (Lipinski definition) is 5. The number of amides is 2. The van der Waals surface area contributed by atoms with E-state index >= 15 is 0 Å². The molecule has 7 nitrogen and oxygen atoms in total. The number of methoxy groups -OCH3 is 1. The molecule has 2 amide bonds. The van der Waals surface area contributed by atoms with E-state index in [4.69, 9.17) is 26.8 Å². The van der Waals surface area contributed by atoms with Crippen molar-refractivity contribution in [3.63, 3.8) is 0 Å². The number of carbonyl (C=O) groups is 2. The molecule has 174 valence electrons. The molecule has 1 aromatic heterocycles. The SMILES string of the molecule is COc1c([C@@H]2COC(C)(C(F)(F)F)C2)ccc(F)c1Cl.NC(=O)c1cc(NC=O)ccn1. The van der Waals surface area contributed by atoms with Crippen molar-refractivity contribution in [2.45, 2.75) is 31.0 Å². The van der Waals surface area contributed by atoms with E-state index in [2.05, 4.69) is 10.3 Å². The predicted molar refractivity (Wildman–Crippen MR) is 108 cm³/mol. The average molecular weight is 478 g/mol. The van der Waals surface area contributed by atoms with Gasteiger partial charge in [-0.25, -0.2) is 4.39 Å². The molecule has 1 saturated heterocycles. The lowest BCUT2D eigenvalue weighted by Crippen LogP contribution is -2.41. The van der Waals surface area contributed by atoms with Gasteiger partial charge in [-0.05, 0) is 31.5 Å². The van der Waals surface area contributed by atoms with Crippen LogP contribution in [0.25, 0.3) is 0 Å². The van der Waals surface area contributed by atoms with Gasteiger partial charge in [-0.2, -0.15) is 13.2 Å². The summed E-state index contributed by atoms with van der Waals surface area (Å²) < 4.78 is 62.0. The van der Waals surface area contributed by atoms with Crippen molar-refractivity contribution >= 4 is 29.6 Å². The highest BCUT2D eigenvalue weighted by Crippen LogP contribution is 2.48. The Morgan fingerprint density at radius 3 is 2.62 bits per heavy atom. The Kier molecular flexibility index (Phi) is 8.02. The van der Waals surface area contributed by atoms with Crippen molar-refractivity contribution in [3.8, 4) is 5.75 Å². The van der Waals surface area contributed by atoms with Crippen LogP contribution in [0.4, 0.5) is 23.2 Å². The molecule has 0 saturated carbocycles. The summed E-state index contributed by atoms with van der Waals surface area (Å²) in [7, 11) is 1.29. The van der Waals surface area contributed by atoms with Gasteiger partial charge in [0.1, 0.15) is 22.3 Å². The van der Waals surface area contributed by atoms with Crippen LogP contribution in [-0.4, -0.2) is 42.8 Å². The lowest BCUT2D eigenvalue weighted by atomic mass is 9.89. The highest BCUT2D eigenvalue weighted by Gasteiger charge is 2.57. The lowest BCUT2D eigenvalue weighted by molar-refractivity contribution is -0.255. The second-order valence-corrected chi connectivity index (χ2v) is 7.36. The van der Waals surface area contributed by atoms with Crippen LogP contribution in [0.5, 0.6) is 5.75 Å². The molecule has 32 heavy (non-hydrogen) atoms. The highest BCUT2D eigenvalue weighted by atomic mass is 35.5. The van der Waals surface area contributed by atoms with Gasteiger partial charge >= 0.3 is 6.18 Å². The van der Waals surface area contributed by atoms with Gasteiger partial charge in [0.2, 0.25) is 6.41 Å². The summed E-state index contributed by atoms with van der Waals surface area (Å²) in [6, 6.07) is 5.46. The monoisotopic (exact) mass is 477 g/mol. The zero-order chi connectivity index (χ0) is 24.1. The molecule has 0 radical (unpaired) electrons. The fourth-order valence-corrected chi connectivity index (χ4v) is 3.32. The molecule has 0 bridgehead atoms. The first-order valence-electron chi connectivity index (χ1n) is 9.12. The summed E-state index contributed by atoms with van der Waals surface area (Å²) >= 11 is 5.77. The molecular formula is C20H20ClF4N3O4. The van der Waals surface area contributed by atoms with Crippen LogP contribution < -0.4 is 15.8 Å². The van der Waals surface area contributed by atoms with Gasteiger partial charge in [-0.1, -0.05) is 17.7 Å². The minimum Gasteiger partial charge on any atom is -0.495 e. The molecule has 2 heterocycles. The second kappa shape index (κ2) is 10.1. The molecule has 3 N–H and O–H groups in total. The summed E-state index contributed by atoms with van der Waals surface area (Å²) in [6.07, 6.45) is -2.81. The molecule has 2 aromatic rings. The number of halogens is 5. The van der Waals surface area contributed by atoms with E-state index in [-0.39, 0.29) is 29.5 Å². The molecule has 2 atom stereocenters. The number of carbonyl (C=O) groups excluding carboxylic acids is 2. The number of pyridine rings is 1. The minimum atomic E-state index is -4.46. The number of nitrogens with one attached hydrogen (secondary N) is 1. The highest BCUT2D eigenvalue weighted by molar-refractivity contribution is 6.32. The molecular weight excluding hydrogens is 458 g/mol. The number of rotatable bonds is 5. The molecule has 1 aliphatic rings. The summed E-state index contributed by atoms with van der Waals surface area (Å²) in [5.74, 6) is -1.78. The van der Waals surface area contributed by atoms with Gasteiger partial charge in [0.25, 0.3) is 5.91 Å². The van der Waals surface area contributed by atoms with Gasteiger partial charge in [-0.3, -0.25) is 14.6 Å². The molecule has 1 unspecified atom stereocenters. The smallest absolute Gasteiger partial charge is 0.417 e. The van der Waals surface area contributed by atoms with Crippen molar-refractivity contribution in [2.24, 2.45) is 5.73 Å². The van der Waals surface area contributed by atoms with Gasteiger partial charge < -0.3 is 20.5 Å². The molecule has 3 rings (SSSR count).